The zero-order valence-electron chi connectivity index (χ0n) is 12.5. The SMILES string of the molecule is O=C(CCCl)N1CCCC1c1nc(-c2ccncc2)cc(=O)[nH]1. The van der Waals surface area contributed by atoms with Gasteiger partial charge in [-0.25, -0.2) is 4.98 Å². The molecule has 1 atom stereocenters. The molecule has 1 aliphatic rings. The molecule has 120 valence electrons. The Hall–Kier alpha value is -2.21. The van der Waals surface area contributed by atoms with Crippen LogP contribution in [0.4, 0.5) is 0 Å². The second-order valence-electron chi connectivity index (χ2n) is 5.44. The monoisotopic (exact) mass is 332 g/mol. The van der Waals surface area contributed by atoms with E-state index in [1.54, 1.807) is 29.4 Å². The Morgan fingerprint density at radius 2 is 2.17 bits per heavy atom. The lowest BCUT2D eigenvalue weighted by Crippen LogP contribution is -2.32. The largest absolute Gasteiger partial charge is 0.332 e. The minimum absolute atomic E-state index is 0.000497. The predicted molar refractivity (Wildman–Crippen MR) is 87.1 cm³/mol. The van der Waals surface area contributed by atoms with E-state index in [1.807, 2.05) is 0 Å². The number of pyridine rings is 1. The van der Waals surface area contributed by atoms with Gasteiger partial charge < -0.3 is 9.88 Å². The number of aromatic nitrogens is 3. The molecule has 7 heteroatoms. The number of hydrogen-bond donors (Lipinski definition) is 1. The number of rotatable bonds is 4. The summed E-state index contributed by atoms with van der Waals surface area (Å²) in [7, 11) is 0. The van der Waals surface area contributed by atoms with Crippen LogP contribution in [-0.2, 0) is 4.79 Å². The van der Waals surface area contributed by atoms with Crippen LogP contribution in [0.15, 0.2) is 35.4 Å². The lowest BCUT2D eigenvalue weighted by atomic mass is 10.1. The van der Waals surface area contributed by atoms with Gasteiger partial charge in [0.25, 0.3) is 5.56 Å². The van der Waals surface area contributed by atoms with Crippen molar-refractivity contribution in [3.8, 4) is 11.3 Å². The third kappa shape index (κ3) is 3.42. The first-order valence-electron chi connectivity index (χ1n) is 7.56. The first kappa shape index (κ1) is 15.7. The minimum Gasteiger partial charge on any atom is -0.332 e. The topological polar surface area (TPSA) is 79.0 Å². The van der Waals surface area contributed by atoms with Crippen LogP contribution in [0.25, 0.3) is 11.3 Å². The van der Waals surface area contributed by atoms with Gasteiger partial charge in [0.05, 0.1) is 11.7 Å². The Morgan fingerprint density at radius 1 is 1.39 bits per heavy atom. The van der Waals surface area contributed by atoms with Crippen LogP contribution in [0.5, 0.6) is 0 Å². The van der Waals surface area contributed by atoms with Crippen molar-refractivity contribution in [3.05, 3.63) is 46.8 Å². The fourth-order valence-electron chi connectivity index (χ4n) is 2.88. The van der Waals surface area contributed by atoms with Crippen LogP contribution < -0.4 is 5.56 Å². The van der Waals surface area contributed by atoms with Gasteiger partial charge in [-0.3, -0.25) is 14.6 Å². The third-order valence-corrected chi connectivity index (χ3v) is 4.12. The number of aromatic amines is 1. The summed E-state index contributed by atoms with van der Waals surface area (Å²) >= 11 is 5.67. The predicted octanol–water partition coefficient (Wildman–Crippen LogP) is 2.12. The minimum atomic E-state index is -0.224. The molecule has 2 aromatic heterocycles. The maximum atomic E-state index is 12.2. The van der Waals surface area contributed by atoms with Crippen molar-refractivity contribution in [2.75, 3.05) is 12.4 Å². The number of nitrogens with one attached hydrogen (secondary N) is 1. The molecule has 3 rings (SSSR count). The number of halogens is 1. The van der Waals surface area contributed by atoms with Crippen molar-refractivity contribution in [3.63, 3.8) is 0 Å². The lowest BCUT2D eigenvalue weighted by Gasteiger charge is -2.24. The highest BCUT2D eigenvalue weighted by Gasteiger charge is 2.31. The normalized spacial score (nSPS) is 17.4. The highest BCUT2D eigenvalue weighted by Crippen LogP contribution is 2.30. The van der Waals surface area contributed by atoms with E-state index < -0.39 is 0 Å². The summed E-state index contributed by atoms with van der Waals surface area (Å²) in [5.74, 6) is 0.826. The number of likely N-dealkylation sites (tertiary alicyclic amines) is 1. The molecule has 0 aliphatic carbocycles. The highest BCUT2D eigenvalue weighted by molar-refractivity contribution is 6.18. The van der Waals surface area contributed by atoms with Gasteiger partial charge >= 0.3 is 0 Å². The van der Waals surface area contributed by atoms with Crippen LogP contribution in [0.2, 0.25) is 0 Å². The summed E-state index contributed by atoms with van der Waals surface area (Å²) in [4.78, 5) is 37.3. The zero-order chi connectivity index (χ0) is 16.2. The summed E-state index contributed by atoms with van der Waals surface area (Å²) < 4.78 is 0. The van der Waals surface area contributed by atoms with Crippen LogP contribution in [-0.4, -0.2) is 38.2 Å². The Bertz CT molecular complexity index is 747. The third-order valence-electron chi connectivity index (χ3n) is 3.93. The number of amides is 1. The number of carbonyl (C=O) groups is 1. The second kappa shape index (κ2) is 6.91. The van der Waals surface area contributed by atoms with Crippen molar-refractivity contribution < 1.29 is 4.79 Å². The molecule has 1 aliphatic heterocycles. The molecule has 6 nitrogen and oxygen atoms in total. The molecule has 2 aromatic rings. The number of carbonyl (C=O) groups excluding carboxylic acids is 1. The van der Waals surface area contributed by atoms with E-state index in [4.69, 9.17) is 11.6 Å². The van der Waals surface area contributed by atoms with Gasteiger partial charge in [-0.05, 0) is 25.0 Å². The summed E-state index contributed by atoms with van der Waals surface area (Å²) in [6, 6.07) is 4.87. The Morgan fingerprint density at radius 3 is 2.91 bits per heavy atom. The molecule has 0 saturated carbocycles. The summed E-state index contributed by atoms with van der Waals surface area (Å²) in [5, 5.41) is 0. The van der Waals surface area contributed by atoms with E-state index in [0.717, 1.165) is 18.4 Å². The van der Waals surface area contributed by atoms with E-state index in [9.17, 15) is 9.59 Å². The maximum Gasteiger partial charge on any atom is 0.251 e. The van der Waals surface area contributed by atoms with Crippen LogP contribution >= 0.6 is 11.6 Å². The van der Waals surface area contributed by atoms with E-state index in [-0.39, 0.29) is 17.5 Å². The number of alkyl halides is 1. The second-order valence-corrected chi connectivity index (χ2v) is 5.81. The molecular formula is C16H17ClN4O2. The maximum absolute atomic E-state index is 12.2. The van der Waals surface area contributed by atoms with Gasteiger partial charge in [0.15, 0.2) is 0 Å². The zero-order valence-corrected chi connectivity index (χ0v) is 13.3. The summed E-state index contributed by atoms with van der Waals surface area (Å²) in [5.41, 5.74) is 1.19. The molecule has 1 N–H and O–H groups in total. The Kier molecular flexibility index (Phi) is 4.71. The van der Waals surface area contributed by atoms with Crippen LogP contribution in [0.1, 0.15) is 31.1 Å². The van der Waals surface area contributed by atoms with E-state index in [2.05, 4.69) is 15.0 Å². The summed E-state index contributed by atoms with van der Waals surface area (Å²) in [6.07, 6.45) is 5.29. The number of hydrogen-bond acceptors (Lipinski definition) is 4. The fourth-order valence-corrected chi connectivity index (χ4v) is 3.04. The van der Waals surface area contributed by atoms with Gasteiger partial charge in [-0.2, -0.15) is 0 Å². The summed E-state index contributed by atoms with van der Waals surface area (Å²) in [6.45, 7) is 0.670. The molecule has 0 bridgehead atoms. The molecule has 0 spiro atoms. The van der Waals surface area contributed by atoms with Crippen molar-refractivity contribution >= 4 is 17.5 Å². The van der Waals surface area contributed by atoms with E-state index >= 15 is 0 Å². The molecule has 1 fully saturated rings. The first-order valence-corrected chi connectivity index (χ1v) is 8.09. The van der Waals surface area contributed by atoms with Crippen molar-refractivity contribution in [1.29, 1.82) is 0 Å². The van der Waals surface area contributed by atoms with Gasteiger partial charge in [-0.15, -0.1) is 11.6 Å². The van der Waals surface area contributed by atoms with Gasteiger partial charge in [0, 0.05) is 42.9 Å². The first-order chi connectivity index (χ1) is 11.2. The lowest BCUT2D eigenvalue weighted by molar-refractivity contribution is -0.131. The smallest absolute Gasteiger partial charge is 0.251 e. The molecule has 1 unspecified atom stereocenters. The van der Waals surface area contributed by atoms with Gasteiger partial charge in [-0.1, -0.05) is 0 Å². The molecule has 0 aromatic carbocycles. The van der Waals surface area contributed by atoms with Crippen LogP contribution in [0.3, 0.4) is 0 Å². The van der Waals surface area contributed by atoms with E-state index in [1.165, 1.54) is 6.07 Å². The Balaban J connectivity index is 1.95. The molecule has 1 amide bonds. The Labute approximate surface area is 138 Å². The molecular weight excluding hydrogens is 316 g/mol. The van der Waals surface area contributed by atoms with Crippen molar-refractivity contribution in [2.45, 2.75) is 25.3 Å². The molecule has 1 saturated heterocycles. The molecule has 3 heterocycles. The number of H-pyrrole nitrogens is 1. The quantitative estimate of drug-likeness (QED) is 0.870. The van der Waals surface area contributed by atoms with Crippen molar-refractivity contribution in [1.82, 2.24) is 19.9 Å². The number of nitrogens with zero attached hydrogens (tertiary/aromatic N) is 3. The fraction of sp³-hybridized carbons (Fsp3) is 0.375. The molecule has 0 radical (unpaired) electrons. The average molecular weight is 333 g/mol. The van der Waals surface area contributed by atoms with E-state index in [0.29, 0.717) is 30.4 Å². The average Bonchev–Trinajstić information content (AvgIpc) is 3.05. The standard InChI is InChI=1S/C16H17ClN4O2/c17-6-3-15(23)21-9-1-2-13(21)16-19-12(10-14(22)20-16)11-4-7-18-8-5-11/h4-5,7-8,10,13H,1-3,6,9H2,(H,19,20,22). The van der Waals surface area contributed by atoms with Gasteiger partial charge in [0.2, 0.25) is 5.91 Å². The molecule has 23 heavy (non-hydrogen) atoms. The highest BCUT2D eigenvalue weighted by atomic mass is 35.5. The van der Waals surface area contributed by atoms with Crippen LogP contribution in [0, 0.1) is 0 Å². The van der Waals surface area contributed by atoms with Crippen molar-refractivity contribution in [2.24, 2.45) is 0 Å². The van der Waals surface area contributed by atoms with Gasteiger partial charge in [0.1, 0.15) is 5.82 Å².